The summed E-state index contributed by atoms with van der Waals surface area (Å²) in [5.41, 5.74) is 8.26. The summed E-state index contributed by atoms with van der Waals surface area (Å²) >= 11 is 0. The predicted molar refractivity (Wildman–Crippen MR) is 123 cm³/mol. The van der Waals surface area contributed by atoms with Gasteiger partial charge in [0.05, 0.1) is 30.4 Å². The Hall–Kier alpha value is -3.53. The summed E-state index contributed by atoms with van der Waals surface area (Å²) < 4.78 is 12.0. The van der Waals surface area contributed by atoms with Crippen LogP contribution >= 0.6 is 0 Å². The van der Waals surface area contributed by atoms with E-state index >= 15 is 0 Å². The SMILES string of the molecule is NC(=O)c1cnc(N[C@H]2CC[C@@H](Oc3cc(N4CCOCC4)cc4nccnc34)CC2)nc1. The van der Waals surface area contributed by atoms with Crippen molar-refractivity contribution >= 4 is 28.6 Å². The summed E-state index contributed by atoms with van der Waals surface area (Å²) in [4.78, 5) is 30.9. The van der Waals surface area contributed by atoms with E-state index in [4.69, 9.17) is 15.2 Å². The smallest absolute Gasteiger partial charge is 0.251 e. The lowest BCUT2D eigenvalue weighted by atomic mass is 9.93. The molecule has 2 aromatic heterocycles. The Morgan fingerprint density at radius 3 is 2.48 bits per heavy atom. The molecule has 0 radical (unpaired) electrons. The molecule has 3 heterocycles. The van der Waals surface area contributed by atoms with Gasteiger partial charge >= 0.3 is 0 Å². The summed E-state index contributed by atoms with van der Waals surface area (Å²) in [7, 11) is 0. The third-order valence-electron chi connectivity index (χ3n) is 6.14. The van der Waals surface area contributed by atoms with Gasteiger partial charge in [0.1, 0.15) is 11.3 Å². The normalized spacial score (nSPS) is 21.0. The molecule has 0 unspecified atom stereocenters. The van der Waals surface area contributed by atoms with Crippen molar-refractivity contribution in [1.82, 2.24) is 19.9 Å². The van der Waals surface area contributed by atoms with Crippen molar-refractivity contribution in [3.8, 4) is 5.75 Å². The average Bonchev–Trinajstić information content (AvgIpc) is 2.86. The van der Waals surface area contributed by atoms with Crippen molar-refractivity contribution in [2.75, 3.05) is 36.5 Å². The molecule has 10 heteroatoms. The van der Waals surface area contributed by atoms with E-state index in [-0.39, 0.29) is 12.1 Å². The molecule has 0 atom stereocenters. The first kappa shape index (κ1) is 21.3. The molecule has 1 aliphatic carbocycles. The number of benzene rings is 1. The van der Waals surface area contributed by atoms with Gasteiger partial charge in [-0.05, 0) is 31.7 Å². The second-order valence-corrected chi connectivity index (χ2v) is 8.36. The molecule has 3 aromatic rings. The molecule has 2 fully saturated rings. The molecule has 33 heavy (non-hydrogen) atoms. The summed E-state index contributed by atoms with van der Waals surface area (Å²) in [5.74, 6) is 0.752. The van der Waals surface area contributed by atoms with Gasteiger partial charge in [0, 0.05) is 55.7 Å². The number of hydrogen-bond donors (Lipinski definition) is 2. The number of ether oxygens (including phenoxy) is 2. The number of aromatic nitrogens is 4. The standard InChI is InChI=1S/C23H27N7O3/c24-22(31)15-13-27-23(28-14-15)29-16-1-3-18(4-2-16)33-20-12-17(30-7-9-32-10-8-30)11-19-21(20)26-6-5-25-19/h5-6,11-14,16,18H,1-4,7-10H2,(H2,24,31)(H,27,28,29)/t16-,18+. The van der Waals surface area contributed by atoms with E-state index in [2.05, 4.69) is 42.3 Å². The number of anilines is 2. The maximum atomic E-state index is 11.2. The molecular weight excluding hydrogens is 422 g/mol. The van der Waals surface area contributed by atoms with Gasteiger partial charge in [-0.25, -0.2) is 15.0 Å². The van der Waals surface area contributed by atoms with E-state index in [9.17, 15) is 4.79 Å². The van der Waals surface area contributed by atoms with E-state index in [1.807, 2.05) is 0 Å². The molecule has 3 N–H and O–H groups in total. The van der Waals surface area contributed by atoms with Crippen LogP contribution in [0.1, 0.15) is 36.0 Å². The van der Waals surface area contributed by atoms with E-state index in [1.165, 1.54) is 12.4 Å². The van der Waals surface area contributed by atoms with Crippen molar-refractivity contribution < 1.29 is 14.3 Å². The van der Waals surface area contributed by atoms with Crippen LogP contribution in [-0.2, 0) is 4.74 Å². The second-order valence-electron chi connectivity index (χ2n) is 8.36. The molecule has 1 saturated carbocycles. The van der Waals surface area contributed by atoms with Gasteiger partial charge in [0.15, 0.2) is 0 Å². The van der Waals surface area contributed by atoms with Gasteiger partial charge in [0.25, 0.3) is 5.91 Å². The Kier molecular flexibility index (Phi) is 6.16. The number of nitrogens with one attached hydrogen (secondary N) is 1. The lowest BCUT2D eigenvalue weighted by molar-refractivity contribution is 0.0999. The maximum absolute atomic E-state index is 11.2. The minimum absolute atomic E-state index is 0.103. The number of carbonyl (C=O) groups is 1. The second kappa shape index (κ2) is 9.53. The van der Waals surface area contributed by atoms with Gasteiger partial charge < -0.3 is 25.4 Å². The molecule has 1 saturated heterocycles. The zero-order valence-corrected chi connectivity index (χ0v) is 18.3. The summed E-state index contributed by atoms with van der Waals surface area (Å²) in [6, 6.07) is 4.41. The maximum Gasteiger partial charge on any atom is 0.251 e. The molecule has 2 aliphatic rings. The topological polar surface area (TPSA) is 128 Å². The van der Waals surface area contributed by atoms with Crippen molar-refractivity contribution in [3.63, 3.8) is 0 Å². The number of rotatable bonds is 6. The van der Waals surface area contributed by atoms with Crippen molar-refractivity contribution in [3.05, 3.63) is 42.5 Å². The quantitative estimate of drug-likeness (QED) is 0.581. The molecule has 1 aliphatic heterocycles. The minimum Gasteiger partial charge on any atom is -0.488 e. The Labute approximate surface area is 191 Å². The number of nitrogens with two attached hydrogens (primary N) is 1. The number of amides is 1. The Morgan fingerprint density at radius 1 is 1.03 bits per heavy atom. The van der Waals surface area contributed by atoms with Gasteiger partial charge in [-0.15, -0.1) is 0 Å². The van der Waals surface area contributed by atoms with Crippen molar-refractivity contribution in [1.29, 1.82) is 0 Å². The number of nitrogens with zero attached hydrogens (tertiary/aromatic N) is 5. The van der Waals surface area contributed by atoms with Crippen LogP contribution < -0.4 is 20.7 Å². The molecule has 10 nitrogen and oxygen atoms in total. The van der Waals surface area contributed by atoms with Crippen molar-refractivity contribution in [2.45, 2.75) is 37.8 Å². The van der Waals surface area contributed by atoms with Crippen LogP contribution in [0.2, 0.25) is 0 Å². The number of hydrogen-bond acceptors (Lipinski definition) is 9. The highest BCUT2D eigenvalue weighted by atomic mass is 16.5. The van der Waals surface area contributed by atoms with E-state index in [1.54, 1.807) is 12.4 Å². The van der Waals surface area contributed by atoms with Crippen LogP contribution in [0.5, 0.6) is 5.75 Å². The fourth-order valence-electron chi connectivity index (χ4n) is 4.34. The van der Waals surface area contributed by atoms with Crippen LogP contribution in [-0.4, -0.2) is 64.3 Å². The molecule has 1 aromatic carbocycles. The fraction of sp³-hybridized carbons (Fsp3) is 0.435. The van der Waals surface area contributed by atoms with E-state index < -0.39 is 5.91 Å². The largest absolute Gasteiger partial charge is 0.488 e. The number of fused-ring (bicyclic) bond motifs is 1. The summed E-state index contributed by atoms with van der Waals surface area (Å²) in [6.45, 7) is 3.15. The average molecular weight is 450 g/mol. The first-order chi connectivity index (χ1) is 16.2. The fourth-order valence-corrected chi connectivity index (χ4v) is 4.34. The highest BCUT2D eigenvalue weighted by Gasteiger charge is 2.24. The zero-order valence-electron chi connectivity index (χ0n) is 18.3. The van der Waals surface area contributed by atoms with E-state index in [0.29, 0.717) is 11.5 Å². The van der Waals surface area contributed by atoms with Crippen molar-refractivity contribution in [2.24, 2.45) is 5.73 Å². The van der Waals surface area contributed by atoms with Gasteiger partial charge in [-0.3, -0.25) is 9.78 Å². The van der Waals surface area contributed by atoms with Crippen LogP contribution in [0.15, 0.2) is 36.9 Å². The monoisotopic (exact) mass is 449 g/mol. The molecule has 0 spiro atoms. The van der Waals surface area contributed by atoms with Gasteiger partial charge in [0.2, 0.25) is 5.95 Å². The molecule has 5 rings (SSSR count). The lowest BCUT2D eigenvalue weighted by Gasteiger charge is -2.31. The molecule has 0 bridgehead atoms. The Balaban J connectivity index is 1.24. The van der Waals surface area contributed by atoms with Gasteiger partial charge in [-0.1, -0.05) is 0 Å². The molecule has 172 valence electrons. The third-order valence-corrected chi connectivity index (χ3v) is 6.14. The minimum atomic E-state index is -0.533. The van der Waals surface area contributed by atoms with Crippen LogP contribution in [0.25, 0.3) is 11.0 Å². The van der Waals surface area contributed by atoms with Crippen LogP contribution in [0, 0.1) is 0 Å². The predicted octanol–water partition coefficient (Wildman–Crippen LogP) is 2.16. The zero-order chi connectivity index (χ0) is 22.6. The first-order valence-corrected chi connectivity index (χ1v) is 11.3. The summed E-state index contributed by atoms with van der Waals surface area (Å²) in [5, 5.41) is 3.34. The summed E-state index contributed by atoms with van der Waals surface area (Å²) in [6.07, 6.45) is 10.1. The molecule has 1 amide bonds. The van der Waals surface area contributed by atoms with Crippen LogP contribution in [0.4, 0.5) is 11.6 Å². The highest BCUT2D eigenvalue weighted by Crippen LogP contribution is 2.33. The number of primary amides is 1. The Morgan fingerprint density at radius 2 is 1.76 bits per heavy atom. The highest BCUT2D eigenvalue weighted by molar-refractivity contribution is 5.92. The Bertz CT molecular complexity index is 1110. The van der Waals surface area contributed by atoms with Gasteiger partial charge in [-0.2, -0.15) is 0 Å². The lowest BCUT2D eigenvalue weighted by Crippen LogP contribution is -2.36. The van der Waals surface area contributed by atoms with E-state index in [0.717, 1.165) is 74.5 Å². The first-order valence-electron chi connectivity index (χ1n) is 11.3. The number of morpholine rings is 1. The number of carbonyl (C=O) groups excluding carboxylic acids is 1. The third kappa shape index (κ3) is 4.95. The molecular formula is C23H27N7O3. The van der Waals surface area contributed by atoms with Crippen LogP contribution in [0.3, 0.4) is 0 Å².